The predicted molar refractivity (Wildman–Crippen MR) is 91.3 cm³/mol. The van der Waals surface area contributed by atoms with Crippen molar-refractivity contribution in [1.29, 1.82) is 0 Å². The minimum atomic E-state index is -0.168. The summed E-state index contributed by atoms with van der Waals surface area (Å²) in [6.45, 7) is 4.26. The number of hydrogen-bond acceptors (Lipinski definition) is 3. The Bertz CT molecular complexity index is 693. The van der Waals surface area contributed by atoms with E-state index in [4.69, 9.17) is 4.74 Å². The van der Waals surface area contributed by atoms with Crippen LogP contribution in [-0.4, -0.2) is 13.1 Å². The summed E-state index contributed by atoms with van der Waals surface area (Å²) in [5.74, 6) is -0.316. The molecule has 1 N–H and O–H groups in total. The number of benzene rings is 2. The molecule has 1 aliphatic rings. The van der Waals surface area contributed by atoms with Gasteiger partial charge in [0.15, 0.2) is 0 Å². The quantitative estimate of drug-likeness (QED) is 0.866. The van der Waals surface area contributed by atoms with E-state index >= 15 is 0 Å². The maximum absolute atomic E-state index is 12.1. The number of aryl methyl sites for hydroxylation is 1. The molecule has 0 aliphatic heterocycles. The fraction of sp³-hybridized carbons (Fsp3) is 0.350. The van der Waals surface area contributed by atoms with E-state index in [1.54, 1.807) is 0 Å². The molecule has 2 aromatic carbocycles. The molecule has 23 heavy (non-hydrogen) atoms. The van der Waals surface area contributed by atoms with Crippen molar-refractivity contribution in [2.75, 3.05) is 7.11 Å². The molecule has 120 valence electrons. The fourth-order valence-electron chi connectivity index (χ4n) is 3.41. The molecule has 3 rings (SSSR count). The van der Waals surface area contributed by atoms with E-state index in [-0.39, 0.29) is 24.0 Å². The summed E-state index contributed by atoms with van der Waals surface area (Å²) in [4.78, 5) is 12.1. The first-order valence-corrected chi connectivity index (χ1v) is 8.09. The summed E-state index contributed by atoms with van der Waals surface area (Å²) in [5, 5.41) is 3.67. The zero-order valence-electron chi connectivity index (χ0n) is 13.9. The number of nitrogens with one attached hydrogen (secondary N) is 1. The normalized spacial score (nSPS) is 20.8. The van der Waals surface area contributed by atoms with E-state index in [1.807, 2.05) is 18.2 Å². The number of methoxy groups -OCH3 is 1. The minimum Gasteiger partial charge on any atom is -0.469 e. The average molecular weight is 309 g/mol. The van der Waals surface area contributed by atoms with E-state index < -0.39 is 0 Å². The molecule has 0 saturated carbocycles. The zero-order valence-corrected chi connectivity index (χ0v) is 13.9. The van der Waals surface area contributed by atoms with E-state index in [9.17, 15) is 4.79 Å². The van der Waals surface area contributed by atoms with Gasteiger partial charge in [-0.05, 0) is 37.0 Å². The number of ether oxygens (including phenoxy) is 1. The Kier molecular flexibility index (Phi) is 4.49. The number of fused-ring (bicyclic) bond motifs is 1. The van der Waals surface area contributed by atoms with Gasteiger partial charge in [-0.3, -0.25) is 4.79 Å². The van der Waals surface area contributed by atoms with Gasteiger partial charge in [0, 0.05) is 12.1 Å². The second-order valence-corrected chi connectivity index (χ2v) is 6.29. The van der Waals surface area contributed by atoms with Crippen LogP contribution in [0, 0.1) is 6.92 Å². The van der Waals surface area contributed by atoms with Gasteiger partial charge in [-0.15, -0.1) is 0 Å². The second kappa shape index (κ2) is 6.55. The Morgan fingerprint density at radius 2 is 1.78 bits per heavy atom. The Labute approximate surface area is 137 Å². The molecule has 0 spiro atoms. The van der Waals surface area contributed by atoms with Crippen molar-refractivity contribution in [3.8, 4) is 0 Å². The Balaban J connectivity index is 1.81. The van der Waals surface area contributed by atoms with Gasteiger partial charge in [-0.1, -0.05) is 54.1 Å². The van der Waals surface area contributed by atoms with E-state index in [0.29, 0.717) is 0 Å². The Morgan fingerprint density at radius 3 is 2.43 bits per heavy atom. The third kappa shape index (κ3) is 3.15. The summed E-state index contributed by atoms with van der Waals surface area (Å²) >= 11 is 0. The van der Waals surface area contributed by atoms with Crippen LogP contribution in [0.3, 0.4) is 0 Å². The Morgan fingerprint density at radius 1 is 1.13 bits per heavy atom. The van der Waals surface area contributed by atoms with Crippen LogP contribution in [0.15, 0.2) is 48.5 Å². The lowest BCUT2D eigenvalue weighted by atomic mass is 10.0. The monoisotopic (exact) mass is 309 g/mol. The second-order valence-electron chi connectivity index (χ2n) is 6.29. The van der Waals surface area contributed by atoms with Crippen LogP contribution in [0.4, 0.5) is 0 Å². The maximum Gasteiger partial charge on any atom is 0.313 e. The van der Waals surface area contributed by atoms with Crippen molar-refractivity contribution >= 4 is 5.97 Å². The third-order valence-corrected chi connectivity index (χ3v) is 4.73. The summed E-state index contributed by atoms with van der Waals surface area (Å²) in [5.41, 5.74) is 4.82. The molecule has 3 nitrogen and oxygen atoms in total. The molecule has 1 unspecified atom stereocenters. The van der Waals surface area contributed by atoms with Crippen molar-refractivity contribution in [2.24, 2.45) is 0 Å². The van der Waals surface area contributed by atoms with Crippen LogP contribution in [0.5, 0.6) is 0 Å². The minimum absolute atomic E-state index is 0.148. The molecule has 0 amide bonds. The smallest absolute Gasteiger partial charge is 0.313 e. The van der Waals surface area contributed by atoms with Gasteiger partial charge in [0.25, 0.3) is 0 Å². The van der Waals surface area contributed by atoms with Crippen molar-refractivity contribution in [3.05, 3.63) is 70.8 Å². The SMILES string of the molecule is COC(=O)C1C[C@H](N[C@@H](C)c2ccc(C)cc2)c2ccccc21. The molecule has 1 aliphatic carbocycles. The zero-order chi connectivity index (χ0) is 16.4. The molecular weight excluding hydrogens is 286 g/mol. The molecule has 0 radical (unpaired) electrons. The van der Waals surface area contributed by atoms with Gasteiger partial charge < -0.3 is 10.1 Å². The van der Waals surface area contributed by atoms with Crippen molar-refractivity contribution < 1.29 is 9.53 Å². The standard InChI is InChI=1S/C20H23NO2/c1-13-8-10-15(11-9-13)14(2)21-19-12-18(20(22)23-3)16-6-4-5-7-17(16)19/h4-11,14,18-19,21H,12H2,1-3H3/t14-,18?,19-/m0/s1. The van der Waals surface area contributed by atoms with E-state index in [0.717, 1.165) is 12.0 Å². The molecule has 0 bridgehead atoms. The van der Waals surface area contributed by atoms with Gasteiger partial charge in [-0.25, -0.2) is 0 Å². The van der Waals surface area contributed by atoms with Crippen LogP contribution in [-0.2, 0) is 9.53 Å². The van der Waals surface area contributed by atoms with Gasteiger partial charge >= 0.3 is 5.97 Å². The number of hydrogen-bond donors (Lipinski definition) is 1. The van der Waals surface area contributed by atoms with Gasteiger partial charge in [0.2, 0.25) is 0 Å². The van der Waals surface area contributed by atoms with E-state index in [2.05, 4.69) is 49.5 Å². The topological polar surface area (TPSA) is 38.3 Å². The lowest BCUT2D eigenvalue weighted by Gasteiger charge is -2.21. The molecule has 3 atom stereocenters. The predicted octanol–water partition coefficient (Wildman–Crippen LogP) is 4.05. The number of esters is 1. The summed E-state index contributed by atoms with van der Waals surface area (Å²) in [7, 11) is 1.46. The summed E-state index contributed by atoms with van der Waals surface area (Å²) < 4.78 is 4.98. The van der Waals surface area contributed by atoms with Crippen molar-refractivity contribution in [2.45, 2.75) is 38.3 Å². The Hall–Kier alpha value is -2.13. The first kappa shape index (κ1) is 15.8. The highest BCUT2D eigenvalue weighted by Crippen LogP contribution is 2.41. The van der Waals surface area contributed by atoms with Crippen molar-refractivity contribution in [1.82, 2.24) is 5.32 Å². The summed E-state index contributed by atoms with van der Waals surface area (Å²) in [6.07, 6.45) is 0.752. The number of carbonyl (C=O) groups is 1. The van der Waals surface area contributed by atoms with Gasteiger partial charge in [-0.2, -0.15) is 0 Å². The fourth-order valence-corrected chi connectivity index (χ4v) is 3.41. The highest BCUT2D eigenvalue weighted by molar-refractivity contribution is 5.80. The molecule has 0 aromatic heterocycles. The van der Waals surface area contributed by atoms with Crippen LogP contribution in [0.1, 0.15) is 53.6 Å². The van der Waals surface area contributed by atoms with Gasteiger partial charge in [0.05, 0.1) is 13.0 Å². The largest absolute Gasteiger partial charge is 0.469 e. The molecule has 0 saturated heterocycles. The third-order valence-electron chi connectivity index (χ3n) is 4.73. The van der Waals surface area contributed by atoms with Gasteiger partial charge in [0.1, 0.15) is 0 Å². The first-order chi connectivity index (χ1) is 11.1. The number of rotatable bonds is 4. The molecule has 2 aromatic rings. The number of carbonyl (C=O) groups excluding carboxylic acids is 1. The highest BCUT2D eigenvalue weighted by Gasteiger charge is 2.36. The average Bonchev–Trinajstić information content (AvgIpc) is 2.93. The lowest BCUT2D eigenvalue weighted by Crippen LogP contribution is -2.23. The van der Waals surface area contributed by atoms with E-state index in [1.165, 1.54) is 23.8 Å². The highest BCUT2D eigenvalue weighted by atomic mass is 16.5. The molecule has 0 fully saturated rings. The first-order valence-electron chi connectivity index (χ1n) is 8.09. The molecule has 3 heteroatoms. The van der Waals surface area contributed by atoms with Crippen LogP contribution in [0.25, 0.3) is 0 Å². The molecular formula is C20H23NO2. The maximum atomic E-state index is 12.1. The lowest BCUT2D eigenvalue weighted by molar-refractivity contribution is -0.142. The summed E-state index contributed by atoms with van der Waals surface area (Å²) in [6, 6.07) is 17.1. The van der Waals surface area contributed by atoms with Crippen molar-refractivity contribution in [3.63, 3.8) is 0 Å². The van der Waals surface area contributed by atoms with Crippen LogP contribution < -0.4 is 5.32 Å². The van der Waals surface area contributed by atoms with Crippen LogP contribution >= 0.6 is 0 Å². The van der Waals surface area contributed by atoms with Crippen LogP contribution in [0.2, 0.25) is 0 Å². The molecule has 0 heterocycles.